The first-order valence-corrected chi connectivity index (χ1v) is 13.3. The highest BCUT2D eigenvalue weighted by atomic mass is 28.4. The van der Waals surface area contributed by atoms with E-state index in [0.29, 0.717) is 19.8 Å². The van der Waals surface area contributed by atoms with E-state index in [1.807, 2.05) is 26.1 Å². The second kappa shape index (κ2) is 12.3. The number of hydrogen-bond acceptors (Lipinski definition) is 5. The van der Waals surface area contributed by atoms with E-state index >= 15 is 0 Å². The number of hydrogen-bond donors (Lipinski definition) is 0. The molecule has 0 aliphatic heterocycles. The van der Waals surface area contributed by atoms with Crippen LogP contribution in [-0.2, 0) is 18.7 Å². The summed E-state index contributed by atoms with van der Waals surface area (Å²) in [6.07, 6.45) is -0.0856. The molecule has 5 nitrogen and oxygen atoms in total. The Balaban J connectivity index is 2.54. The van der Waals surface area contributed by atoms with E-state index in [0.717, 1.165) is 6.54 Å². The number of nitrogens with zero attached hydrogens (tertiary/aromatic N) is 1. The summed E-state index contributed by atoms with van der Waals surface area (Å²) in [5, 5.41) is 2.24. The van der Waals surface area contributed by atoms with Crippen LogP contribution in [0.25, 0.3) is 0 Å². The van der Waals surface area contributed by atoms with E-state index in [1.165, 1.54) is 10.4 Å². The normalized spacial score (nSPS) is 13.2. The topological polar surface area (TPSA) is 48.0 Å². The van der Waals surface area contributed by atoms with Crippen LogP contribution in [-0.4, -0.2) is 65.8 Å². The first kappa shape index (κ1) is 26.3. The van der Waals surface area contributed by atoms with Crippen molar-refractivity contribution in [3.05, 3.63) is 60.7 Å². The van der Waals surface area contributed by atoms with E-state index in [9.17, 15) is 4.79 Å². The fourth-order valence-electron chi connectivity index (χ4n) is 4.18. The van der Waals surface area contributed by atoms with E-state index in [1.54, 1.807) is 7.11 Å². The zero-order chi connectivity index (χ0) is 23.6. The van der Waals surface area contributed by atoms with Gasteiger partial charge in [0, 0.05) is 20.2 Å². The van der Waals surface area contributed by atoms with Gasteiger partial charge in [-0.05, 0) is 29.4 Å². The Morgan fingerprint density at radius 1 is 1.00 bits per heavy atom. The first-order valence-electron chi connectivity index (χ1n) is 11.4. The minimum absolute atomic E-state index is 0.159. The molecule has 2 rings (SSSR count). The summed E-state index contributed by atoms with van der Waals surface area (Å²) in [5.41, 5.74) is 0. The maximum atomic E-state index is 12.5. The fourth-order valence-corrected chi connectivity index (χ4v) is 8.85. The van der Waals surface area contributed by atoms with E-state index in [2.05, 4.69) is 74.2 Å². The highest BCUT2D eigenvalue weighted by Gasteiger charge is 2.51. The van der Waals surface area contributed by atoms with Crippen LogP contribution < -0.4 is 10.4 Å². The number of esters is 1. The highest BCUT2D eigenvalue weighted by molar-refractivity contribution is 6.99. The molecule has 0 fully saturated rings. The molecule has 6 heteroatoms. The van der Waals surface area contributed by atoms with Crippen molar-refractivity contribution in [1.82, 2.24) is 4.90 Å². The van der Waals surface area contributed by atoms with Crippen molar-refractivity contribution in [3.63, 3.8) is 0 Å². The average molecular weight is 458 g/mol. The molecule has 176 valence electrons. The Bertz CT molecular complexity index is 768. The van der Waals surface area contributed by atoms with Crippen molar-refractivity contribution in [3.8, 4) is 0 Å². The molecule has 0 saturated carbocycles. The van der Waals surface area contributed by atoms with Crippen molar-refractivity contribution in [2.24, 2.45) is 0 Å². The Kier molecular flexibility index (Phi) is 10.1. The van der Waals surface area contributed by atoms with Crippen LogP contribution in [0.1, 0.15) is 34.1 Å². The lowest BCUT2D eigenvalue weighted by Crippen LogP contribution is -2.68. The first-order chi connectivity index (χ1) is 15.2. The molecule has 0 amide bonds. The number of benzene rings is 2. The molecule has 0 saturated heterocycles. The summed E-state index contributed by atoms with van der Waals surface area (Å²) in [6.45, 7) is 10.9. The maximum Gasteiger partial charge on any atom is 0.308 e. The van der Waals surface area contributed by atoms with Gasteiger partial charge in [0.05, 0.1) is 25.7 Å². The standard InChI is InChI=1S/C26H39NO4Si/c1-7-30-25(28)20-22(21-27(5)18-19-29-6)31-32(26(2,3)4,23-14-10-8-11-15-23)24-16-12-9-13-17-24/h8-17,22H,7,18-21H2,1-6H3/t22-/m0/s1. The number of rotatable bonds is 12. The summed E-state index contributed by atoms with van der Waals surface area (Å²) in [6, 6.07) is 21.0. The zero-order valence-corrected chi connectivity index (χ0v) is 21.5. The monoisotopic (exact) mass is 457 g/mol. The summed E-state index contributed by atoms with van der Waals surface area (Å²) in [5.74, 6) is -0.226. The summed E-state index contributed by atoms with van der Waals surface area (Å²) in [7, 11) is 0.965. The number of ether oxygens (including phenoxy) is 2. The van der Waals surface area contributed by atoms with Crippen LogP contribution in [0.2, 0.25) is 5.04 Å². The predicted octanol–water partition coefficient (Wildman–Crippen LogP) is 3.46. The molecule has 1 atom stereocenters. The maximum absolute atomic E-state index is 12.5. The molecule has 0 heterocycles. The zero-order valence-electron chi connectivity index (χ0n) is 20.5. The van der Waals surface area contributed by atoms with Crippen molar-refractivity contribution < 1.29 is 18.7 Å². The highest BCUT2D eigenvalue weighted by Crippen LogP contribution is 2.38. The van der Waals surface area contributed by atoms with Crippen LogP contribution in [0, 0.1) is 0 Å². The lowest BCUT2D eigenvalue weighted by Gasteiger charge is -2.45. The lowest BCUT2D eigenvalue weighted by atomic mass is 10.2. The van der Waals surface area contributed by atoms with Crippen molar-refractivity contribution in [2.45, 2.75) is 45.3 Å². The third-order valence-electron chi connectivity index (χ3n) is 5.65. The molecule has 0 spiro atoms. The molecular formula is C26H39NO4Si. The molecule has 0 unspecified atom stereocenters. The third kappa shape index (κ3) is 6.75. The van der Waals surface area contributed by atoms with Crippen LogP contribution in [0.5, 0.6) is 0 Å². The predicted molar refractivity (Wildman–Crippen MR) is 133 cm³/mol. The van der Waals surface area contributed by atoms with Crippen LogP contribution in [0.3, 0.4) is 0 Å². The van der Waals surface area contributed by atoms with Gasteiger partial charge in [-0.15, -0.1) is 0 Å². The van der Waals surface area contributed by atoms with Crippen LogP contribution in [0.15, 0.2) is 60.7 Å². The van der Waals surface area contributed by atoms with Gasteiger partial charge in [-0.2, -0.15) is 0 Å². The minimum Gasteiger partial charge on any atom is -0.466 e. The second-order valence-electron chi connectivity index (χ2n) is 9.17. The van der Waals surface area contributed by atoms with Gasteiger partial charge >= 0.3 is 5.97 Å². The van der Waals surface area contributed by atoms with Crippen molar-refractivity contribution >= 4 is 24.7 Å². The van der Waals surface area contributed by atoms with Gasteiger partial charge in [0.25, 0.3) is 8.32 Å². The minimum atomic E-state index is -2.77. The van der Waals surface area contributed by atoms with E-state index in [4.69, 9.17) is 13.9 Å². The van der Waals surface area contributed by atoms with Gasteiger partial charge in [-0.25, -0.2) is 0 Å². The average Bonchev–Trinajstić information content (AvgIpc) is 2.76. The molecule has 0 N–H and O–H groups in total. The van der Waals surface area contributed by atoms with Crippen LogP contribution in [0.4, 0.5) is 0 Å². The molecule has 2 aromatic rings. The summed E-state index contributed by atoms with van der Waals surface area (Å²) in [4.78, 5) is 14.7. The summed E-state index contributed by atoms with van der Waals surface area (Å²) >= 11 is 0. The van der Waals surface area contributed by atoms with Gasteiger partial charge in [0.2, 0.25) is 0 Å². The Hall–Kier alpha value is -1.99. The molecule has 0 aliphatic rings. The Morgan fingerprint density at radius 2 is 1.53 bits per heavy atom. The van der Waals surface area contributed by atoms with Crippen molar-refractivity contribution in [1.29, 1.82) is 0 Å². The van der Waals surface area contributed by atoms with Gasteiger partial charge in [0.1, 0.15) is 0 Å². The smallest absolute Gasteiger partial charge is 0.308 e. The van der Waals surface area contributed by atoms with Crippen LogP contribution >= 0.6 is 0 Å². The molecule has 0 aliphatic carbocycles. The second-order valence-corrected chi connectivity index (χ2v) is 13.4. The SMILES string of the molecule is CCOC(=O)C[C@@H](CN(C)CCOC)O[Si](c1ccccc1)(c1ccccc1)C(C)(C)C. The van der Waals surface area contributed by atoms with Gasteiger partial charge in [0.15, 0.2) is 0 Å². The molecular weight excluding hydrogens is 418 g/mol. The number of likely N-dealkylation sites (N-methyl/N-ethyl adjacent to an activating group) is 1. The number of carbonyl (C=O) groups excluding carboxylic acids is 1. The molecule has 0 radical (unpaired) electrons. The summed E-state index contributed by atoms with van der Waals surface area (Å²) < 4.78 is 17.7. The molecule has 2 aromatic carbocycles. The Morgan fingerprint density at radius 3 is 1.97 bits per heavy atom. The van der Waals surface area contributed by atoms with Gasteiger partial charge < -0.3 is 18.8 Å². The van der Waals surface area contributed by atoms with Gasteiger partial charge in [-0.1, -0.05) is 81.4 Å². The van der Waals surface area contributed by atoms with E-state index < -0.39 is 8.32 Å². The molecule has 0 bridgehead atoms. The Labute approximate surface area is 194 Å². The molecule has 0 aromatic heterocycles. The van der Waals surface area contributed by atoms with Gasteiger partial charge in [-0.3, -0.25) is 4.79 Å². The van der Waals surface area contributed by atoms with Crippen molar-refractivity contribution in [2.75, 3.05) is 40.5 Å². The number of carbonyl (C=O) groups is 1. The molecule has 32 heavy (non-hydrogen) atoms. The number of methoxy groups -OCH3 is 1. The lowest BCUT2D eigenvalue weighted by molar-refractivity contribution is -0.145. The largest absolute Gasteiger partial charge is 0.466 e. The third-order valence-corrected chi connectivity index (χ3v) is 10.7. The quantitative estimate of drug-likeness (QED) is 0.361. The fraction of sp³-hybridized carbons (Fsp3) is 0.500. The van der Waals surface area contributed by atoms with E-state index in [-0.39, 0.29) is 23.5 Å².